The minimum absolute atomic E-state index is 0.204. The number of ether oxygens (including phenoxy) is 2. The van der Waals surface area contributed by atoms with Crippen molar-refractivity contribution in [3.63, 3.8) is 0 Å². The van der Waals surface area contributed by atoms with Gasteiger partial charge >= 0.3 is 6.09 Å². The van der Waals surface area contributed by atoms with Crippen LogP contribution in [0.1, 0.15) is 11.1 Å². The molecule has 3 N–H and O–H groups in total. The fourth-order valence-electron chi connectivity index (χ4n) is 4.49. The van der Waals surface area contributed by atoms with E-state index in [1.807, 2.05) is 54.6 Å². The fourth-order valence-corrected chi connectivity index (χ4v) is 4.49. The Morgan fingerprint density at radius 1 is 0.923 bits per heavy atom. The molecule has 3 aromatic carbocycles. The first-order valence-electron chi connectivity index (χ1n) is 12.5. The number of imidazole rings is 1. The average molecular weight is 524 g/mol. The predicted molar refractivity (Wildman–Crippen MR) is 152 cm³/mol. The van der Waals surface area contributed by atoms with Crippen molar-refractivity contribution in [3.8, 4) is 22.9 Å². The van der Waals surface area contributed by atoms with E-state index >= 15 is 0 Å². The molecule has 0 aliphatic rings. The molecule has 5 rings (SSSR count). The number of anilines is 2. The van der Waals surface area contributed by atoms with E-state index in [0.29, 0.717) is 52.8 Å². The Morgan fingerprint density at radius 2 is 1.64 bits per heavy atom. The molecule has 2 heterocycles. The number of aromatic amines is 1. The second-order valence-corrected chi connectivity index (χ2v) is 8.95. The number of nitrogens with zero attached hydrogens (tertiary/aromatic N) is 3. The Balaban J connectivity index is 1.64. The van der Waals surface area contributed by atoms with Gasteiger partial charge in [0.05, 0.1) is 25.3 Å². The van der Waals surface area contributed by atoms with Crippen molar-refractivity contribution in [1.82, 2.24) is 15.0 Å². The summed E-state index contributed by atoms with van der Waals surface area (Å²) in [7, 11) is 3.20. The van der Waals surface area contributed by atoms with Gasteiger partial charge in [-0.2, -0.15) is 0 Å². The molecule has 0 saturated carbocycles. The molecule has 1 amide bonds. The monoisotopic (exact) mass is 523 g/mol. The molecule has 0 fully saturated rings. The van der Waals surface area contributed by atoms with E-state index in [1.165, 1.54) is 5.56 Å². The van der Waals surface area contributed by atoms with Crippen LogP contribution < -0.4 is 19.7 Å². The zero-order valence-electron chi connectivity index (χ0n) is 21.7. The number of carboxylic acid groups (broad SMARTS) is 1. The van der Waals surface area contributed by atoms with Gasteiger partial charge in [0.25, 0.3) is 0 Å². The Labute approximate surface area is 226 Å². The highest BCUT2D eigenvalue weighted by molar-refractivity contribution is 5.94. The van der Waals surface area contributed by atoms with Crippen LogP contribution >= 0.6 is 0 Å². The van der Waals surface area contributed by atoms with Crippen molar-refractivity contribution in [2.45, 2.75) is 13.0 Å². The van der Waals surface area contributed by atoms with Crippen molar-refractivity contribution >= 4 is 28.8 Å². The van der Waals surface area contributed by atoms with Gasteiger partial charge in [0.15, 0.2) is 5.82 Å². The highest BCUT2D eigenvalue weighted by atomic mass is 16.5. The smallest absolute Gasteiger partial charge is 0.410 e. The molecule has 198 valence electrons. The van der Waals surface area contributed by atoms with Crippen LogP contribution in [0.15, 0.2) is 84.9 Å². The molecule has 9 heteroatoms. The first-order chi connectivity index (χ1) is 19.0. The molecular formula is C30H29N5O4. The minimum atomic E-state index is -1.19. The maximum Gasteiger partial charge on any atom is 0.410 e. The summed E-state index contributed by atoms with van der Waals surface area (Å²) >= 11 is 0. The molecule has 0 saturated heterocycles. The van der Waals surface area contributed by atoms with E-state index in [4.69, 9.17) is 19.4 Å². The lowest BCUT2D eigenvalue weighted by Crippen LogP contribution is -2.27. The second kappa shape index (κ2) is 11.6. The maximum absolute atomic E-state index is 11.5. The van der Waals surface area contributed by atoms with E-state index in [2.05, 4.69) is 39.5 Å². The second-order valence-electron chi connectivity index (χ2n) is 8.95. The average Bonchev–Trinajstić information content (AvgIpc) is 3.39. The number of hydrogen-bond donors (Lipinski definition) is 3. The maximum atomic E-state index is 11.5. The number of amides is 1. The summed E-state index contributed by atoms with van der Waals surface area (Å²) in [4.78, 5) is 26.7. The molecule has 0 spiro atoms. The van der Waals surface area contributed by atoms with E-state index in [-0.39, 0.29) is 5.82 Å². The Morgan fingerprint density at radius 3 is 2.31 bits per heavy atom. The number of rotatable bonds is 10. The molecule has 0 atom stereocenters. The van der Waals surface area contributed by atoms with Crippen LogP contribution in [0.2, 0.25) is 0 Å². The zero-order valence-corrected chi connectivity index (χ0v) is 21.7. The lowest BCUT2D eigenvalue weighted by molar-refractivity contribution is 0.209. The number of pyridine rings is 1. The van der Waals surface area contributed by atoms with Crippen molar-refractivity contribution in [1.29, 1.82) is 0 Å². The van der Waals surface area contributed by atoms with Gasteiger partial charge < -0.3 is 24.5 Å². The third-order valence-electron chi connectivity index (χ3n) is 6.38. The number of nitrogens with one attached hydrogen (secondary N) is 2. The predicted octanol–water partition coefficient (Wildman–Crippen LogP) is 5.98. The van der Waals surface area contributed by atoms with Crippen LogP contribution in [-0.4, -0.2) is 46.9 Å². The fraction of sp³-hybridized carbons (Fsp3) is 0.167. The number of benzene rings is 3. The molecule has 2 aromatic heterocycles. The lowest BCUT2D eigenvalue weighted by Gasteiger charge is -2.25. The van der Waals surface area contributed by atoms with Crippen molar-refractivity contribution in [2.75, 3.05) is 31.0 Å². The first-order valence-corrected chi connectivity index (χ1v) is 12.5. The number of fused-ring (bicyclic) bond motifs is 1. The molecule has 39 heavy (non-hydrogen) atoms. The van der Waals surface area contributed by atoms with Gasteiger partial charge in [-0.25, -0.2) is 14.8 Å². The minimum Gasteiger partial charge on any atom is -0.497 e. The SMILES string of the molecule is COc1ccc(OC)c(-c2nc3c(N(CCc4ccccc4)Cc4ccccc4)nc(NC(=O)O)cc3[nH]2)c1. The van der Waals surface area contributed by atoms with Crippen LogP contribution in [0, 0.1) is 0 Å². The quantitative estimate of drug-likeness (QED) is 0.206. The third kappa shape index (κ3) is 5.93. The molecule has 0 radical (unpaired) electrons. The Kier molecular flexibility index (Phi) is 7.58. The number of hydrogen-bond acceptors (Lipinski definition) is 6. The normalized spacial score (nSPS) is 10.8. The van der Waals surface area contributed by atoms with Gasteiger partial charge in [-0.1, -0.05) is 60.7 Å². The van der Waals surface area contributed by atoms with Crippen molar-refractivity contribution < 1.29 is 19.4 Å². The molecule has 9 nitrogen and oxygen atoms in total. The van der Waals surface area contributed by atoms with Crippen LogP contribution in [0.5, 0.6) is 11.5 Å². The molecule has 0 unspecified atom stereocenters. The van der Waals surface area contributed by atoms with Gasteiger partial charge in [-0.05, 0) is 35.7 Å². The lowest BCUT2D eigenvalue weighted by atomic mass is 10.1. The summed E-state index contributed by atoms with van der Waals surface area (Å²) in [6.07, 6.45) is -0.421. The molecule has 5 aromatic rings. The first kappa shape index (κ1) is 25.6. The molecule has 0 bridgehead atoms. The van der Waals surface area contributed by atoms with E-state index in [1.54, 1.807) is 20.3 Å². The van der Waals surface area contributed by atoms with Gasteiger partial charge in [0.1, 0.15) is 28.7 Å². The molecular weight excluding hydrogens is 494 g/mol. The summed E-state index contributed by atoms with van der Waals surface area (Å²) in [5.41, 5.74) is 4.26. The summed E-state index contributed by atoms with van der Waals surface area (Å²) in [5.74, 6) is 2.61. The van der Waals surface area contributed by atoms with Gasteiger partial charge in [-0.15, -0.1) is 0 Å². The summed E-state index contributed by atoms with van der Waals surface area (Å²) in [6.45, 7) is 1.21. The number of carbonyl (C=O) groups is 1. The molecule has 0 aliphatic heterocycles. The molecule has 0 aliphatic carbocycles. The van der Waals surface area contributed by atoms with Crippen LogP contribution in [0.4, 0.5) is 16.4 Å². The Bertz CT molecular complexity index is 1570. The van der Waals surface area contributed by atoms with Crippen LogP contribution in [0.25, 0.3) is 22.4 Å². The van der Waals surface area contributed by atoms with Crippen LogP contribution in [0.3, 0.4) is 0 Å². The number of methoxy groups -OCH3 is 2. The van der Waals surface area contributed by atoms with Crippen LogP contribution in [-0.2, 0) is 13.0 Å². The topological polar surface area (TPSA) is 113 Å². The third-order valence-corrected chi connectivity index (χ3v) is 6.38. The van der Waals surface area contributed by atoms with E-state index < -0.39 is 6.09 Å². The van der Waals surface area contributed by atoms with E-state index in [9.17, 15) is 9.90 Å². The van der Waals surface area contributed by atoms with Gasteiger partial charge in [0.2, 0.25) is 0 Å². The number of H-pyrrole nitrogens is 1. The largest absolute Gasteiger partial charge is 0.497 e. The van der Waals surface area contributed by atoms with Crippen molar-refractivity contribution in [2.24, 2.45) is 0 Å². The summed E-state index contributed by atoms with van der Waals surface area (Å²) < 4.78 is 11.0. The zero-order chi connectivity index (χ0) is 27.2. The standard InChI is InChI=1S/C30H29N5O4/c1-38-22-13-14-25(39-2)23(17-22)28-31-24-18-26(33-30(36)37)32-29(27(24)34-28)35(19-21-11-7-4-8-12-21)16-15-20-9-5-3-6-10-20/h3-14,17-18H,15-16,19H2,1-2H3,(H,31,34)(H,32,33)(H,36,37). The number of aromatic nitrogens is 3. The van der Waals surface area contributed by atoms with Gasteiger partial charge in [0, 0.05) is 19.2 Å². The van der Waals surface area contributed by atoms with Gasteiger partial charge in [-0.3, -0.25) is 5.32 Å². The summed E-state index contributed by atoms with van der Waals surface area (Å²) in [6, 6.07) is 27.4. The summed E-state index contributed by atoms with van der Waals surface area (Å²) in [5, 5.41) is 11.9. The highest BCUT2D eigenvalue weighted by Gasteiger charge is 2.21. The highest BCUT2D eigenvalue weighted by Crippen LogP contribution is 2.35. The van der Waals surface area contributed by atoms with E-state index in [0.717, 1.165) is 12.0 Å². The Hall–Kier alpha value is -5.05. The van der Waals surface area contributed by atoms with Crippen molar-refractivity contribution in [3.05, 3.63) is 96.1 Å².